The number of allylic oxidation sites excluding steroid dienone is 1. The van der Waals surface area contributed by atoms with Crippen molar-refractivity contribution in [1.29, 1.82) is 0 Å². The molecule has 0 aromatic heterocycles. The standard InChI is InChI=1S/C10H22Si/c1-3-5-6-7-8-9-10-11-4-2/h3H,1,4-11H2,2H3. The van der Waals surface area contributed by atoms with Gasteiger partial charge in [0.15, 0.2) is 0 Å². The van der Waals surface area contributed by atoms with Crippen molar-refractivity contribution in [3.05, 3.63) is 12.7 Å². The molecule has 0 saturated carbocycles. The highest BCUT2D eigenvalue weighted by Gasteiger charge is 1.88. The summed E-state index contributed by atoms with van der Waals surface area (Å²) in [5, 5.41) is 0. The molecule has 11 heavy (non-hydrogen) atoms. The largest absolute Gasteiger partial charge is 0.103 e. The minimum absolute atomic E-state index is 0.362. The van der Waals surface area contributed by atoms with Crippen LogP contribution in [0.5, 0.6) is 0 Å². The van der Waals surface area contributed by atoms with Crippen LogP contribution >= 0.6 is 0 Å². The summed E-state index contributed by atoms with van der Waals surface area (Å²) < 4.78 is 0. The molecule has 0 aliphatic heterocycles. The lowest BCUT2D eigenvalue weighted by atomic mass is 10.1. The monoisotopic (exact) mass is 170 g/mol. The topological polar surface area (TPSA) is 0 Å². The van der Waals surface area contributed by atoms with Crippen LogP contribution in [-0.2, 0) is 0 Å². The first kappa shape index (κ1) is 11.0. The van der Waals surface area contributed by atoms with Gasteiger partial charge in [-0.05, 0) is 12.8 Å². The summed E-state index contributed by atoms with van der Waals surface area (Å²) in [6, 6.07) is 3.07. The molecule has 0 bridgehead atoms. The van der Waals surface area contributed by atoms with E-state index in [1.807, 2.05) is 6.08 Å². The lowest BCUT2D eigenvalue weighted by Gasteiger charge is -1.97. The van der Waals surface area contributed by atoms with Gasteiger partial charge in [0, 0.05) is 9.52 Å². The molecular formula is C10H22Si. The summed E-state index contributed by atoms with van der Waals surface area (Å²) in [5.41, 5.74) is 0. The van der Waals surface area contributed by atoms with Crippen molar-refractivity contribution in [2.75, 3.05) is 0 Å². The lowest BCUT2D eigenvalue weighted by Crippen LogP contribution is -1.85. The van der Waals surface area contributed by atoms with Gasteiger partial charge >= 0.3 is 0 Å². The molecule has 1 heteroatoms. The van der Waals surface area contributed by atoms with E-state index in [1.54, 1.807) is 6.04 Å². The molecule has 0 spiro atoms. The van der Waals surface area contributed by atoms with Crippen molar-refractivity contribution in [1.82, 2.24) is 0 Å². The maximum Gasteiger partial charge on any atom is 0.0195 e. The van der Waals surface area contributed by atoms with Crippen molar-refractivity contribution in [2.45, 2.75) is 51.1 Å². The Labute approximate surface area is 73.9 Å². The van der Waals surface area contributed by atoms with Crippen LogP contribution in [0.15, 0.2) is 12.7 Å². The number of unbranched alkanes of at least 4 members (excludes halogenated alkanes) is 4. The molecule has 0 aliphatic rings. The third-order valence-electron chi connectivity index (χ3n) is 2.01. The van der Waals surface area contributed by atoms with Gasteiger partial charge in [0.05, 0.1) is 0 Å². The molecule has 0 fully saturated rings. The second-order valence-electron chi connectivity index (χ2n) is 3.20. The maximum absolute atomic E-state index is 3.71. The second-order valence-corrected chi connectivity index (χ2v) is 5.61. The molecule has 0 aromatic rings. The van der Waals surface area contributed by atoms with E-state index in [0.717, 1.165) is 0 Å². The minimum atomic E-state index is 0.362. The first-order valence-corrected chi connectivity index (χ1v) is 7.02. The minimum Gasteiger partial charge on any atom is -0.103 e. The molecule has 0 aliphatic carbocycles. The fourth-order valence-electron chi connectivity index (χ4n) is 1.25. The predicted octanol–water partition coefficient (Wildman–Crippen LogP) is 3.15. The zero-order valence-corrected chi connectivity index (χ0v) is 9.36. The lowest BCUT2D eigenvalue weighted by molar-refractivity contribution is 0.673. The molecule has 0 N–H and O–H groups in total. The average Bonchev–Trinajstić information content (AvgIpc) is 2.03. The van der Waals surface area contributed by atoms with Gasteiger partial charge in [-0.3, -0.25) is 0 Å². The van der Waals surface area contributed by atoms with Gasteiger partial charge < -0.3 is 0 Å². The zero-order valence-electron chi connectivity index (χ0n) is 7.94. The van der Waals surface area contributed by atoms with Crippen molar-refractivity contribution in [3.8, 4) is 0 Å². The highest BCUT2D eigenvalue weighted by molar-refractivity contribution is 6.35. The van der Waals surface area contributed by atoms with Crippen molar-refractivity contribution in [3.63, 3.8) is 0 Å². The van der Waals surface area contributed by atoms with Crippen LogP contribution < -0.4 is 0 Å². The Balaban J connectivity index is 2.74. The van der Waals surface area contributed by atoms with E-state index in [-0.39, 0.29) is 0 Å². The van der Waals surface area contributed by atoms with E-state index >= 15 is 0 Å². The van der Waals surface area contributed by atoms with Gasteiger partial charge in [0.25, 0.3) is 0 Å². The normalized spacial score (nSPS) is 11.0. The van der Waals surface area contributed by atoms with Crippen LogP contribution in [0.1, 0.15) is 39.0 Å². The van der Waals surface area contributed by atoms with E-state index in [2.05, 4.69) is 13.5 Å². The summed E-state index contributed by atoms with van der Waals surface area (Å²) in [4.78, 5) is 0. The van der Waals surface area contributed by atoms with Crippen LogP contribution in [0.25, 0.3) is 0 Å². The van der Waals surface area contributed by atoms with Crippen LogP contribution in [0.4, 0.5) is 0 Å². The van der Waals surface area contributed by atoms with Gasteiger partial charge in [-0.1, -0.05) is 44.4 Å². The quantitative estimate of drug-likeness (QED) is 0.298. The van der Waals surface area contributed by atoms with Crippen LogP contribution in [-0.4, -0.2) is 9.52 Å². The van der Waals surface area contributed by atoms with Gasteiger partial charge in [0.2, 0.25) is 0 Å². The highest BCUT2D eigenvalue weighted by atomic mass is 28.2. The predicted molar refractivity (Wildman–Crippen MR) is 57.1 cm³/mol. The van der Waals surface area contributed by atoms with Crippen molar-refractivity contribution in [2.24, 2.45) is 0 Å². The summed E-state index contributed by atoms with van der Waals surface area (Å²) >= 11 is 0. The summed E-state index contributed by atoms with van der Waals surface area (Å²) in [5.74, 6) is 0. The highest BCUT2D eigenvalue weighted by Crippen LogP contribution is 2.05. The SMILES string of the molecule is C=CCCCCCC[SiH2]CC. The summed E-state index contributed by atoms with van der Waals surface area (Å²) in [6.07, 6.45) is 8.98. The van der Waals surface area contributed by atoms with E-state index in [1.165, 1.54) is 38.1 Å². The molecule has 0 rings (SSSR count). The molecule has 0 unspecified atom stereocenters. The zero-order chi connectivity index (χ0) is 8.36. The molecule has 0 saturated heterocycles. The second kappa shape index (κ2) is 9.96. The fraction of sp³-hybridized carbons (Fsp3) is 0.800. The van der Waals surface area contributed by atoms with E-state index < -0.39 is 0 Å². The van der Waals surface area contributed by atoms with E-state index in [4.69, 9.17) is 0 Å². The third kappa shape index (κ3) is 9.96. The summed E-state index contributed by atoms with van der Waals surface area (Å²) in [6.45, 7) is 6.04. The van der Waals surface area contributed by atoms with Gasteiger partial charge in [-0.25, -0.2) is 0 Å². The van der Waals surface area contributed by atoms with Gasteiger partial charge in [0.1, 0.15) is 0 Å². The smallest absolute Gasteiger partial charge is 0.0195 e. The summed E-state index contributed by atoms with van der Waals surface area (Å²) in [7, 11) is 0.362. The molecule has 0 heterocycles. The van der Waals surface area contributed by atoms with Gasteiger partial charge in [-0.2, -0.15) is 0 Å². The number of hydrogen-bond donors (Lipinski definition) is 0. The van der Waals surface area contributed by atoms with E-state index in [9.17, 15) is 0 Å². The Morgan fingerprint density at radius 3 is 2.55 bits per heavy atom. The molecule has 0 nitrogen and oxygen atoms in total. The molecule has 0 atom stereocenters. The fourth-order valence-corrected chi connectivity index (χ4v) is 2.45. The Hall–Kier alpha value is -0.0431. The number of hydrogen-bond acceptors (Lipinski definition) is 0. The van der Waals surface area contributed by atoms with Crippen LogP contribution in [0.3, 0.4) is 0 Å². The van der Waals surface area contributed by atoms with Gasteiger partial charge in [-0.15, -0.1) is 6.58 Å². The molecule has 0 aromatic carbocycles. The Bertz CT molecular complexity index is 78.9. The molecule has 0 radical (unpaired) electrons. The van der Waals surface area contributed by atoms with E-state index in [0.29, 0.717) is 9.52 Å². The average molecular weight is 170 g/mol. The first-order valence-electron chi connectivity index (χ1n) is 5.02. The third-order valence-corrected chi connectivity index (χ3v) is 3.72. The Morgan fingerprint density at radius 2 is 1.91 bits per heavy atom. The number of rotatable bonds is 8. The molecule has 66 valence electrons. The van der Waals surface area contributed by atoms with Crippen molar-refractivity contribution >= 4 is 9.52 Å². The maximum atomic E-state index is 3.71. The first-order chi connectivity index (χ1) is 5.41. The Morgan fingerprint density at radius 1 is 1.18 bits per heavy atom. The molecular weight excluding hydrogens is 148 g/mol. The van der Waals surface area contributed by atoms with Crippen LogP contribution in [0.2, 0.25) is 12.1 Å². The van der Waals surface area contributed by atoms with Crippen LogP contribution in [0, 0.1) is 0 Å². The Kier molecular flexibility index (Phi) is 9.92. The molecule has 0 amide bonds. The van der Waals surface area contributed by atoms with Crippen molar-refractivity contribution < 1.29 is 0 Å².